The van der Waals surface area contributed by atoms with Gasteiger partial charge in [0.2, 0.25) is 11.8 Å². The van der Waals surface area contributed by atoms with Gasteiger partial charge in [-0.15, -0.1) is 0 Å². The molecule has 1 fully saturated rings. The number of rotatable bonds is 5. The van der Waals surface area contributed by atoms with Crippen LogP contribution in [-0.4, -0.2) is 37.4 Å². The smallest absolute Gasteiger partial charge is 0.377 e. The van der Waals surface area contributed by atoms with Gasteiger partial charge in [-0.3, -0.25) is 9.59 Å². The molecule has 1 heterocycles. The highest BCUT2D eigenvalue weighted by Crippen LogP contribution is 2.30. The molecular formula is C22H24F3N3O2. The van der Waals surface area contributed by atoms with Crippen molar-refractivity contribution in [3.63, 3.8) is 0 Å². The van der Waals surface area contributed by atoms with E-state index in [1.165, 1.54) is 11.0 Å². The van der Waals surface area contributed by atoms with Gasteiger partial charge in [-0.2, -0.15) is 13.2 Å². The molecule has 1 N–H and O–H groups in total. The first-order chi connectivity index (χ1) is 14.0. The monoisotopic (exact) mass is 419 g/mol. The Hall–Kier alpha value is -3.03. The summed E-state index contributed by atoms with van der Waals surface area (Å²) >= 11 is 0. The predicted octanol–water partition coefficient (Wildman–Crippen LogP) is 4.07. The molecule has 160 valence electrons. The number of benzene rings is 2. The standard InChI is InChI=1S/C22H24F3N3O2/c1-14-9-18(7-8-19(14)27(2)3)26-21(30)16-11-20(29)28(13-16)12-15-5-4-6-17(10-15)22(23,24)25/h4-10,16H,11-13H2,1-3H3,(H,26,30). The molecule has 0 spiro atoms. The summed E-state index contributed by atoms with van der Waals surface area (Å²) in [5.41, 5.74) is 2.32. The second kappa shape index (κ2) is 8.38. The number of hydrogen-bond donors (Lipinski definition) is 1. The molecule has 1 unspecified atom stereocenters. The average molecular weight is 419 g/mol. The Morgan fingerprint density at radius 2 is 1.93 bits per heavy atom. The number of nitrogens with one attached hydrogen (secondary N) is 1. The minimum atomic E-state index is -4.44. The molecule has 0 radical (unpaired) electrons. The highest BCUT2D eigenvalue weighted by atomic mass is 19.4. The molecule has 5 nitrogen and oxygen atoms in total. The van der Waals surface area contributed by atoms with Crippen molar-refractivity contribution in [2.45, 2.75) is 26.1 Å². The molecule has 2 aromatic carbocycles. The van der Waals surface area contributed by atoms with Gasteiger partial charge in [0.25, 0.3) is 0 Å². The van der Waals surface area contributed by atoms with E-state index in [0.29, 0.717) is 11.3 Å². The number of halogens is 3. The summed E-state index contributed by atoms with van der Waals surface area (Å²) in [7, 11) is 3.87. The number of alkyl halides is 3. The van der Waals surface area contributed by atoms with Crippen LogP contribution in [0.15, 0.2) is 42.5 Å². The summed E-state index contributed by atoms with van der Waals surface area (Å²) < 4.78 is 38.7. The Morgan fingerprint density at radius 1 is 1.20 bits per heavy atom. The molecule has 1 atom stereocenters. The van der Waals surface area contributed by atoms with Gasteiger partial charge in [0, 0.05) is 45.0 Å². The van der Waals surface area contributed by atoms with Crippen molar-refractivity contribution in [2.24, 2.45) is 5.92 Å². The van der Waals surface area contributed by atoms with Crippen molar-refractivity contribution in [3.8, 4) is 0 Å². The zero-order valence-corrected chi connectivity index (χ0v) is 17.1. The van der Waals surface area contributed by atoms with E-state index in [4.69, 9.17) is 0 Å². The van der Waals surface area contributed by atoms with Gasteiger partial charge in [0.15, 0.2) is 0 Å². The van der Waals surface area contributed by atoms with Crippen molar-refractivity contribution < 1.29 is 22.8 Å². The summed E-state index contributed by atoms with van der Waals surface area (Å²) in [6, 6.07) is 10.5. The van der Waals surface area contributed by atoms with Crippen LogP contribution in [0.1, 0.15) is 23.1 Å². The fourth-order valence-corrected chi connectivity index (χ4v) is 3.65. The van der Waals surface area contributed by atoms with Crippen LogP contribution in [0.4, 0.5) is 24.5 Å². The zero-order chi connectivity index (χ0) is 22.1. The molecule has 1 saturated heterocycles. The number of amides is 2. The lowest BCUT2D eigenvalue weighted by Gasteiger charge is -2.18. The third-order valence-corrected chi connectivity index (χ3v) is 5.16. The number of nitrogens with zero attached hydrogens (tertiary/aromatic N) is 2. The number of likely N-dealkylation sites (tertiary alicyclic amines) is 1. The van der Waals surface area contributed by atoms with Gasteiger partial charge in [-0.05, 0) is 48.4 Å². The van der Waals surface area contributed by atoms with Gasteiger partial charge in [0.05, 0.1) is 11.5 Å². The summed E-state index contributed by atoms with van der Waals surface area (Å²) in [5, 5.41) is 2.84. The van der Waals surface area contributed by atoms with E-state index < -0.39 is 17.7 Å². The van der Waals surface area contributed by atoms with E-state index in [2.05, 4.69) is 5.32 Å². The summed E-state index contributed by atoms with van der Waals surface area (Å²) in [4.78, 5) is 28.3. The van der Waals surface area contributed by atoms with Crippen LogP contribution in [0.2, 0.25) is 0 Å². The van der Waals surface area contributed by atoms with Crippen LogP contribution in [0, 0.1) is 12.8 Å². The minimum absolute atomic E-state index is 0.0412. The average Bonchev–Trinajstić information content (AvgIpc) is 3.02. The van der Waals surface area contributed by atoms with E-state index in [0.717, 1.165) is 23.4 Å². The Morgan fingerprint density at radius 3 is 2.57 bits per heavy atom. The van der Waals surface area contributed by atoms with Gasteiger partial charge < -0.3 is 15.1 Å². The third kappa shape index (κ3) is 4.93. The molecule has 3 rings (SSSR count). The van der Waals surface area contributed by atoms with Gasteiger partial charge >= 0.3 is 6.18 Å². The third-order valence-electron chi connectivity index (χ3n) is 5.16. The summed E-state index contributed by atoms with van der Waals surface area (Å²) in [6.07, 6.45) is -4.40. The number of hydrogen-bond acceptors (Lipinski definition) is 3. The second-order valence-electron chi connectivity index (χ2n) is 7.76. The largest absolute Gasteiger partial charge is 0.416 e. The Bertz CT molecular complexity index is 957. The number of anilines is 2. The number of aryl methyl sites for hydroxylation is 1. The normalized spacial score (nSPS) is 16.7. The van der Waals surface area contributed by atoms with Crippen molar-refractivity contribution in [3.05, 3.63) is 59.2 Å². The molecule has 0 saturated carbocycles. The van der Waals surface area contributed by atoms with Gasteiger partial charge in [0.1, 0.15) is 0 Å². The van der Waals surface area contributed by atoms with Crippen LogP contribution in [0.5, 0.6) is 0 Å². The molecule has 8 heteroatoms. The molecule has 1 aliphatic heterocycles. The minimum Gasteiger partial charge on any atom is -0.377 e. The van der Waals surface area contributed by atoms with Gasteiger partial charge in [-0.1, -0.05) is 12.1 Å². The Balaban J connectivity index is 1.64. The Kier molecular flexibility index (Phi) is 6.05. The van der Waals surface area contributed by atoms with Crippen LogP contribution in [0.3, 0.4) is 0 Å². The summed E-state index contributed by atoms with van der Waals surface area (Å²) in [5.74, 6) is -1.06. The second-order valence-corrected chi connectivity index (χ2v) is 7.76. The quantitative estimate of drug-likeness (QED) is 0.795. The highest BCUT2D eigenvalue weighted by molar-refractivity contribution is 5.97. The van der Waals surface area contributed by atoms with Crippen molar-refractivity contribution in [1.82, 2.24) is 4.90 Å². The first-order valence-corrected chi connectivity index (χ1v) is 9.57. The van der Waals surface area contributed by atoms with E-state index in [1.54, 1.807) is 12.1 Å². The van der Waals surface area contributed by atoms with Crippen LogP contribution < -0.4 is 10.2 Å². The fourth-order valence-electron chi connectivity index (χ4n) is 3.65. The van der Waals surface area contributed by atoms with Crippen LogP contribution in [0.25, 0.3) is 0 Å². The lowest BCUT2D eigenvalue weighted by molar-refractivity contribution is -0.137. The van der Waals surface area contributed by atoms with E-state index in [-0.39, 0.29) is 31.3 Å². The molecule has 30 heavy (non-hydrogen) atoms. The highest BCUT2D eigenvalue weighted by Gasteiger charge is 2.35. The first kappa shape index (κ1) is 21.7. The van der Waals surface area contributed by atoms with E-state index in [9.17, 15) is 22.8 Å². The van der Waals surface area contributed by atoms with E-state index in [1.807, 2.05) is 38.1 Å². The van der Waals surface area contributed by atoms with Crippen molar-refractivity contribution in [1.29, 1.82) is 0 Å². The van der Waals surface area contributed by atoms with E-state index >= 15 is 0 Å². The molecule has 2 aromatic rings. The zero-order valence-electron chi connectivity index (χ0n) is 17.1. The number of carbonyl (C=O) groups excluding carboxylic acids is 2. The maximum Gasteiger partial charge on any atom is 0.416 e. The van der Waals surface area contributed by atoms with Gasteiger partial charge in [-0.25, -0.2) is 0 Å². The van der Waals surface area contributed by atoms with Crippen LogP contribution >= 0.6 is 0 Å². The SMILES string of the molecule is Cc1cc(NC(=O)C2CC(=O)N(Cc3cccc(C(F)(F)F)c3)C2)ccc1N(C)C. The lowest BCUT2D eigenvalue weighted by Crippen LogP contribution is -2.28. The predicted molar refractivity (Wildman–Crippen MR) is 109 cm³/mol. The fraction of sp³-hybridized carbons (Fsp3) is 0.364. The lowest BCUT2D eigenvalue weighted by atomic mass is 10.1. The molecular weight excluding hydrogens is 395 g/mol. The Labute approximate surface area is 173 Å². The molecule has 0 aliphatic carbocycles. The molecule has 0 bridgehead atoms. The topological polar surface area (TPSA) is 52.7 Å². The van der Waals surface area contributed by atoms with Crippen LogP contribution in [-0.2, 0) is 22.3 Å². The maximum atomic E-state index is 12.9. The summed E-state index contributed by atoms with van der Waals surface area (Å²) in [6.45, 7) is 2.17. The number of carbonyl (C=O) groups is 2. The van der Waals surface area contributed by atoms with Crippen molar-refractivity contribution in [2.75, 3.05) is 30.9 Å². The molecule has 0 aromatic heterocycles. The molecule has 1 aliphatic rings. The maximum absolute atomic E-state index is 12.9. The van der Waals surface area contributed by atoms with Crippen molar-refractivity contribution >= 4 is 23.2 Å². The first-order valence-electron chi connectivity index (χ1n) is 9.57. The molecule has 2 amide bonds.